The molecule has 1 heterocycles. The first kappa shape index (κ1) is 19.1. The van der Waals surface area contributed by atoms with Gasteiger partial charge in [-0.15, -0.1) is 0 Å². The van der Waals surface area contributed by atoms with Crippen LogP contribution in [-0.2, 0) is 6.54 Å². The van der Waals surface area contributed by atoms with E-state index in [9.17, 15) is 9.90 Å². The summed E-state index contributed by atoms with van der Waals surface area (Å²) in [6.07, 6.45) is -0.826. The number of imidazole rings is 1. The minimum Gasteiger partial charge on any atom is -0.489 e. The quantitative estimate of drug-likeness (QED) is 0.648. The number of aromatic amines is 1. The molecule has 2 aromatic carbocycles. The Hall–Kier alpha value is -2.28. The van der Waals surface area contributed by atoms with Crippen LogP contribution >= 0.6 is 11.6 Å². The van der Waals surface area contributed by atoms with Gasteiger partial charge >= 0.3 is 5.69 Å². The number of ether oxygens (including phenoxy) is 1. The number of nitrogens with one attached hydrogen (secondary N) is 1. The molecule has 1 unspecified atom stereocenters. The van der Waals surface area contributed by atoms with Gasteiger partial charge in [-0.2, -0.15) is 0 Å². The molecule has 1 aromatic heterocycles. The van der Waals surface area contributed by atoms with Crippen molar-refractivity contribution in [2.24, 2.45) is 5.73 Å². The third kappa shape index (κ3) is 5.09. The van der Waals surface area contributed by atoms with E-state index >= 15 is 0 Å². The van der Waals surface area contributed by atoms with Crippen molar-refractivity contribution >= 4 is 22.6 Å². The average Bonchev–Trinajstić information content (AvgIpc) is 2.91. The van der Waals surface area contributed by atoms with Crippen molar-refractivity contribution in [3.8, 4) is 5.75 Å². The van der Waals surface area contributed by atoms with Gasteiger partial charge in [-0.1, -0.05) is 42.8 Å². The summed E-state index contributed by atoms with van der Waals surface area (Å²) >= 11 is 5.99. The number of rotatable bonds is 5. The highest BCUT2D eigenvalue weighted by Gasteiger charge is 2.12. The van der Waals surface area contributed by atoms with E-state index in [1.807, 2.05) is 31.2 Å². The first-order valence-corrected chi connectivity index (χ1v) is 8.37. The minimum atomic E-state index is -0.826. The Labute approximate surface area is 150 Å². The summed E-state index contributed by atoms with van der Waals surface area (Å²) in [6, 6.07) is 14.4. The summed E-state index contributed by atoms with van der Waals surface area (Å²) in [4.78, 5) is 14.7. The van der Waals surface area contributed by atoms with Gasteiger partial charge < -0.3 is 20.6 Å². The van der Waals surface area contributed by atoms with Crippen molar-refractivity contribution in [2.75, 3.05) is 13.2 Å². The van der Waals surface area contributed by atoms with Crippen LogP contribution in [0.25, 0.3) is 11.0 Å². The van der Waals surface area contributed by atoms with Crippen molar-refractivity contribution in [1.82, 2.24) is 9.55 Å². The summed E-state index contributed by atoms with van der Waals surface area (Å²) < 4.78 is 6.99. The molecular formula is C18H22ClN3O3. The fourth-order valence-electron chi connectivity index (χ4n) is 2.30. The Morgan fingerprint density at radius 1 is 1.24 bits per heavy atom. The number of H-pyrrole nitrogens is 1. The number of aliphatic hydroxyl groups excluding tert-OH is 1. The van der Waals surface area contributed by atoms with Crippen LogP contribution in [0.5, 0.6) is 5.75 Å². The van der Waals surface area contributed by atoms with E-state index in [2.05, 4.69) is 4.98 Å². The maximum atomic E-state index is 11.9. The molecule has 1 atom stereocenters. The van der Waals surface area contributed by atoms with E-state index in [0.717, 1.165) is 17.6 Å². The number of nitrogens with two attached hydrogens (primary N) is 1. The van der Waals surface area contributed by atoms with Gasteiger partial charge in [0.1, 0.15) is 18.5 Å². The standard InChI is InChI=1S/C16H15ClN2O3.C2H7N/c17-12-5-1-4-8-15(12)22-10-11(20)9-19-14-7-3-2-6-13(14)18-16(19)21;1-2-3/h1-8,11,20H,9-10H2,(H,18,21);2-3H2,1H3. The zero-order valence-corrected chi connectivity index (χ0v) is 14.7. The third-order valence-electron chi connectivity index (χ3n) is 3.34. The summed E-state index contributed by atoms with van der Waals surface area (Å²) in [5, 5.41) is 10.6. The highest BCUT2D eigenvalue weighted by molar-refractivity contribution is 6.32. The highest BCUT2D eigenvalue weighted by Crippen LogP contribution is 2.23. The first-order chi connectivity index (χ1) is 12.1. The molecule has 25 heavy (non-hydrogen) atoms. The molecule has 4 N–H and O–H groups in total. The van der Waals surface area contributed by atoms with Crippen LogP contribution in [0.3, 0.4) is 0 Å². The fraction of sp³-hybridized carbons (Fsp3) is 0.278. The molecule has 0 spiro atoms. The van der Waals surface area contributed by atoms with Gasteiger partial charge in [0.05, 0.1) is 22.6 Å². The second kappa shape index (κ2) is 9.27. The minimum absolute atomic E-state index is 0.0513. The molecular weight excluding hydrogens is 342 g/mol. The number of hydrogen-bond donors (Lipinski definition) is 3. The van der Waals surface area contributed by atoms with Crippen LogP contribution < -0.4 is 16.2 Å². The van der Waals surface area contributed by atoms with Crippen LogP contribution in [0.1, 0.15) is 6.92 Å². The van der Waals surface area contributed by atoms with Crippen molar-refractivity contribution in [2.45, 2.75) is 19.6 Å². The second-order valence-corrected chi connectivity index (χ2v) is 5.77. The van der Waals surface area contributed by atoms with E-state index in [4.69, 9.17) is 22.1 Å². The summed E-state index contributed by atoms with van der Waals surface area (Å²) in [7, 11) is 0. The molecule has 3 aromatic rings. The van der Waals surface area contributed by atoms with Crippen LogP contribution in [0.15, 0.2) is 53.3 Å². The Morgan fingerprint density at radius 2 is 1.88 bits per heavy atom. The van der Waals surface area contributed by atoms with Crippen molar-refractivity contribution in [3.05, 3.63) is 64.0 Å². The van der Waals surface area contributed by atoms with Crippen LogP contribution in [-0.4, -0.2) is 33.9 Å². The number of benzene rings is 2. The maximum absolute atomic E-state index is 11.9. The molecule has 0 aliphatic carbocycles. The molecule has 0 saturated carbocycles. The SMILES string of the molecule is CCN.O=c1[nH]c2ccccc2n1CC(O)COc1ccccc1Cl. The number of hydrogen-bond acceptors (Lipinski definition) is 4. The van der Waals surface area contributed by atoms with Gasteiger partial charge in [-0.3, -0.25) is 4.57 Å². The monoisotopic (exact) mass is 363 g/mol. The largest absolute Gasteiger partial charge is 0.489 e. The lowest BCUT2D eigenvalue weighted by Gasteiger charge is -2.13. The van der Waals surface area contributed by atoms with Gasteiger partial charge in [0.25, 0.3) is 0 Å². The van der Waals surface area contributed by atoms with Gasteiger partial charge in [-0.05, 0) is 30.8 Å². The van der Waals surface area contributed by atoms with E-state index in [1.165, 1.54) is 4.57 Å². The van der Waals surface area contributed by atoms with Gasteiger partial charge in [0.2, 0.25) is 0 Å². The number of aliphatic hydroxyl groups is 1. The predicted molar refractivity (Wildman–Crippen MR) is 100 cm³/mol. The topological polar surface area (TPSA) is 93.3 Å². The smallest absolute Gasteiger partial charge is 0.326 e. The zero-order chi connectivity index (χ0) is 18.2. The van der Waals surface area contributed by atoms with Gasteiger partial charge in [-0.25, -0.2) is 4.79 Å². The van der Waals surface area contributed by atoms with E-state index in [-0.39, 0.29) is 18.8 Å². The Kier molecular flexibility index (Phi) is 7.06. The normalized spacial score (nSPS) is 11.7. The molecule has 0 aliphatic heterocycles. The number of fused-ring (bicyclic) bond motifs is 1. The third-order valence-corrected chi connectivity index (χ3v) is 3.66. The van der Waals surface area contributed by atoms with Crippen molar-refractivity contribution in [3.63, 3.8) is 0 Å². The van der Waals surface area contributed by atoms with Crippen molar-refractivity contribution < 1.29 is 9.84 Å². The first-order valence-electron chi connectivity index (χ1n) is 7.99. The Morgan fingerprint density at radius 3 is 2.60 bits per heavy atom. The van der Waals surface area contributed by atoms with Crippen molar-refractivity contribution in [1.29, 1.82) is 0 Å². The highest BCUT2D eigenvalue weighted by atomic mass is 35.5. The zero-order valence-electron chi connectivity index (χ0n) is 14.0. The molecule has 3 rings (SSSR count). The molecule has 0 bridgehead atoms. The lowest BCUT2D eigenvalue weighted by Crippen LogP contribution is -2.28. The molecule has 0 aliphatic rings. The predicted octanol–water partition coefficient (Wildman–Crippen LogP) is 2.39. The molecule has 0 saturated heterocycles. The lowest BCUT2D eigenvalue weighted by atomic mass is 10.3. The summed E-state index contributed by atoms with van der Waals surface area (Å²) in [6.45, 7) is 2.85. The number of nitrogens with zero attached hydrogens (tertiary/aromatic N) is 1. The lowest BCUT2D eigenvalue weighted by molar-refractivity contribution is 0.0927. The summed E-state index contributed by atoms with van der Waals surface area (Å²) in [5.41, 5.74) is 6.09. The molecule has 0 radical (unpaired) electrons. The van der Waals surface area contributed by atoms with Gasteiger partial charge in [0.15, 0.2) is 0 Å². The maximum Gasteiger partial charge on any atom is 0.326 e. The molecule has 0 fully saturated rings. The molecule has 7 heteroatoms. The van der Waals surface area contributed by atoms with Gasteiger partial charge in [0, 0.05) is 0 Å². The molecule has 6 nitrogen and oxygen atoms in total. The van der Waals surface area contributed by atoms with Crippen LogP contribution in [0, 0.1) is 0 Å². The Bertz CT molecular complexity index is 860. The molecule has 0 amide bonds. The second-order valence-electron chi connectivity index (χ2n) is 5.36. The fourth-order valence-corrected chi connectivity index (χ4v) is 2.49. The number of halogens is 1. The van der Waals surface area contributed by atoms with E-state index in [1.54, 1.807) is 24.3 Å². The van der Waals surface area contributed by atoms with Crippen LogP contribution in [0.2, 0.25) is 5.02 Å². The van der Waals surface area contributed by atoms with Crippen LogP contribution in [0.4, 0.5) is 0 Å². The van der Waals surface area contributed by atoms with E-state index < -0.39 is 6.10 Å². The Balaban J connectivity index is 0.000000701. The van der Waals surface area contributed by atoms with E-state index in [0.29, 0.717) is 10.8 Å². The summed E-state index contributed by atoms with van der Waals surface area (Å²) in [5.74, 6) is 0.509. The molecule has 134 valence electrons. The average molecular weight is 364 g/mol. The number of aromatic nitrogens is 2. The number of para-hydroxylation sites is 3.